The van der Waals surface area contributed by atoms with E-state index in [9.17, 15) is 9.59 Å². The maximum absolute atomic E-state index is 13.2. The van der Waals surface area contributed by atoms with Gasteiger partial charge in [-0.3, -0.25) is 14.3 Å². The molecule has 0 spiro atoms. The number of aryl methyl sites for hydroxylation is 1. The minimum absolute atomic E-state index is 0.0464. The van der Waals surface area contributed by atoms with E-state index < -0.39 is 0 Å². The van der Waals surface area contributed by atoms with Crippen LogP contribution in [0, 0.1) is 0 Å². The van der Waals surface area contributed by atoms with Crippen LogP contribution in [-0.2, 0) is 7.05 Å². The van der Waals surface area contributed by atoms with Crippen LogP contribution >= 0.6 is 0 Å². The van der Waals surface area contributed by atoms with Crippen molar-refractivity contribution in [1.82, 2.24) is 24.9 Å². The molecule has 2 aliphatic rings. The first kappa shape index (κ1) is 22.5. The number of carbonyl (C=O) groups excluding carboxylic acids is 2. The number of aromatic nitrogens is 2. The largest absolute Gasteiger partial charge is 0.337 e. The Morgan fingerprint density at radius 1 is 0.806 bits per heavy atom. The van der Waals surface area contributed by atoms with E-state index in [4.69, 9.17) is 5.10 Å². The summed E-state index contributed by atoms with van der Waals surface area (Å²) in [4.78, 5) is 29.7. The highest BCUT2D eigenvalue weighted by atomic mass is 16.2. The van der Waals surface area contributed by atoms with Crippen molar-refractivity contribution in [3.8, 4) is 11.3 Å². The molecule has 0 aliphatic carbocycles. The van der Waals surface area contributed by atoms with Gasteiger partial charge >= 0.3 is 0 Å². The first-order chi connectivity index (χ1) is 17.6. The van der Waals surface area contributed by atoms with Crippen molar-refractivity contribution in [2.45, 2.75) is 18.5 Å². The van der Waals surface area contributed by atoms with E-state index in [1.807, 2.05) is 100 Å². The zero-order valence-corrected chi connectivity index (χ0v) is 20.3. The second-order valence-corrected chi connectivity index (χ2v) is 9.75. The van der Waals surface area contributed by atoms with Crippen molar-refractivity contribution in [1.29, 1.82) is 0 Å². The van der Waals surface area contributed by atoms with Crippen LogP contribution in [0.15, 0.2) is 78.9 Å². The third-order valence-electron chi connectivity index (χ3n) is 7.28. The molecule has 7 heteroatoms. The SMILES string of the molecule is Cn1nc(-c2ccccc2)c2cc(C(=O)N3CC(N[C@H]4CCN(C(=O)c5ccccc5)C4)C3)ccc21. The predicted molar refractivity (Wildman–Crippen MR) is 140 cm³/mol. The van der Waals surface area contributed by atoms with Gasteiger partial charge in [0.1, 0.15) is 5.69 Å². The molecular formula is C29H29N5O2. The molecule has 0 saturated carbocycles. The number of carbonyl (C=O) groups is 2. The summed E-state index contributed by atoms with van der Waals surface area (Å²) in [6, 6.07) is 25.9. The first-order valence-electron chi connectivity index (χ1n) is 12.5. The van der Waals surface area contributed by atoms with E-state index in [1.165, 1.54) is 0 Å². The summed E-state index contributed by atoms with van der Waals surface area (Å²) in [5.41, 5.74) is 4.36. The van der Waals surface area contributed by atoms with Gasteiger partial charge in [0.25, 0.3) is 11.8 Å². The molecule has 3 aromatic carbocycles. The number of amides is 2. The minimum Gasteiger partial charge on any atom is -0.337 e. The lowest BCUT2D eigenvalue weighted by Gasteiger charge is -2.41. The number of nitrogens with one attached hydrogen (secondary N) is 1. The molecule has 1 atom stereocenters. The monoisotopic (exact) mass is 479 g/mol. The highest BCUT2D eigenvalue weighted by molar-refractivity contribution is 6.02. The summed E-state index contributed by atoms with van der Waals surface area (Å²) < 4.78 is 1.86. The molecule has 7 nitrogen and oxygen atoms in total. The molecule has 1 aromatic heterocycles. The van der Waals surface area contributed by atoms with E-state index >= 15 is 0 Å². The third kappa shape index (κ3) is 4.16. The summed E-state index contributed by atoms with van der Waals surface area (Å²) in [5, 5.41) is 9.34. The van der Waals surface area contributed by atoms with Crippen LogP contribution in [0.5, 0.6) is 0 Å². The van der Waals surface area contributed by atoms with Crippen molar-refractivity contribution in [3.63, 3.8) is 0 Å². The van der Waals surface area contributed by atoms with Crippen molar-refractivity contribution < 1.29 is 9.59 Å². The fourth-order valence-corrected chi connectivity index (χ4v) is 5.32. The van der Waals surface area contributed by atoms with Crippen LogP contribution in [0.1, 0.15) is 27.1 Å². The normalized spacial score (nSPS) is 18.0. The van der Waals surface area contributed by atoms with Crippen molar-refractivity contribution >= 4 is 22.7 Å². The molecule has 0 bridgehead atoms. The predicted octanol–water partition coefficient (Wildman–Crippen LogP) is 3.57. The Balaban J connectivity index is 1.08. The van der Waals surface area contributed by atoms with Gasteiger partial charge in [-0.2, -0.15) is 5.10 Å². The van der Waals surface area contributed by atoms with E-state index in [0.717, 1.165) is 40.7 Å². The average Bonchev–Trinajstić information content (AvgIpc) is 3.50. The highest BCUT2D eigenvalue weighted by Crippen LogP contribution is 2.29. The minimum atomic E-state index is 0.0464. The Morgan fingerprint density at radius 2 is 1.47 bits per heavy atom. The van der Waals surface area contributed by atoms with Crippen LogP contribution in [0.2, 0.25) is 0 Å². The topological polar surface area (TPSA) is 70.5 Å². The molecule has 0 unspecified atom stereocenters. The molecule has 182 valence electrons. The Bertz CT molecular complexity index is 1410. The van der Waals surface area contributed by atoms with Gasteiger partial charge in [0.2, 0.25) is 0 Å². The fourth-order valence-electron chi connectivity index (χ4n) is 5.32. The van der Waals surface area contributed by atoms with E-state index in [1.54, 1.807) is 0 Å². The standard InChI is InChI=1S/C29H29N5O2/c1-32-26-13-12-22(16-25(26)27(31-32)20-8-4-2-5-9-20)29(36)34-18-24(19-34)30-23-14-15-33(17-23)28(35)21-10-6-3-7-11-21/h2-13,16,23-24,30H,14-15,17-19H2,1H3/t23-/m0/s1. The first-order valence-corrected chi connectivity index (χ1v) is 12.5. The van der Waals surface area contributed by atoms with Gasteiger partial charge in [0.15, 0.2) is 0 Å². The van der Waals surface area contributed by atoms with Crippen LogP contribution < -0.4 is 5.32 Å². The smallest absolute Gasteiger partial charge is 0.253 e. The number of rotatable bonds is 5. The van der Waals surface area contributed by atoms with Crippen LogP contribution in [0.4, 0.5) is 0 Å². The van der Waals surface area contributed by atoms with Gasteiger partial charge in [0, 0.05) is 67.4 Å². The number of hydrogen-bond acceptors (Lipinski definition) is 4. The van der Waals surface area contributed by atoms with E-state index in [-0.39, 0.29) is 23.9 Å². The average molecular weight is 480 g/mol. The second-order valence-electron chi connectivity index (χ2n) is 9.75. The summed E-state index contributed by atoms with van der Waals surface area (Å²) >= 11 is 0. The number of hydrogen-bond donors (Lipinski definition) is 1. The number of benzene rings is 3. The Kier molecular flexibility index (Phi) is 5.77. The van der Waals surface area contributed by atoms with Crippen LogP contribution in [0.3, 0.4) is 0 Å². The fraction of sp³-hybridized carbons (Fsp3) is 0.276. The zero-order valence-electron chi connectivity index (χ0n) is 20.3. The lowest BCUT2D eigenvalue weighted by molar-refractivity contribution is 0.0553. The van der Waals surface area contributed by atoms with Crippen molar-refractivity contribution in [3.05, 3.63) is 90.0 Å². The maximum atomic E-state index is 13.2. The molecule has 2 fully saturated rings. The lowest BCUT2D eigenvalue weighted by atomic mass is 10.0. The molecule has 2 amide bonds. The zero-order chi connectivity index (χ0) is 24.6. The number of fused-ring (bicyclic) bond motifs is 1. The molecule has 3 heterocycles. The molecular weight excluding hydrogens is 450 g/mol. The highest BCUT2D eigenvalue weighted by Gasteiger charge is 2.35. The molecule has 4 aromatic rings. The van der Waals surface area contributed by atoms with Crippen LogP contribution in [0.25, 0.3) is 22.2 Å². The molecule has 6 rings (SSSR count). The van der Waals surface area contributed by atoms with Gasteiger partial charge in [-0.05, 0) is 36.8 Å². The molecule has 2 aliphatic heterocycles. The van der Waals surface area contributed by atoms with Crippen LogP contribution in [-0.4, -0.2) is 69.7 Å². The lowest BCUT2D eigenvalue weighted by Crippen LogP contribution is -2.62. The summed E-state index contributed by atoms with van der Waals surface area (Å²) in [6.07, 6.45) is 0.933. The molecule has 2 saturated heterocycles. The number of likely N-dealkylation sites (tertiary alicyclic amines) is 2. The molecule has 0 radical (unpaired) electrons. The van der Waals surface area contributed by atoms with Gasteiger partial charge in [-0.15, -0.1) is 0 Å². The Morgan fingerprint density at radius 3 is 2.22 bits per heavy atom. The summed E-state index contributed by atoms with van der Waals surface area (Å²) in [7, 11) is 1.93. The van der Waals surface area contributed by atoms with E-state index in [2.05, 4.69) is 5.32 Å². The molecule has 1 N–H and O–H groups in total. The quantitative estimate of drug-likeness (QED) is 0.475. The van der Waals surface area contributed by atoms with Crippen molar-refractivity contribution in [2.24, 2.45) is 7.05 Å². The Labute approximate surface area is 210 Å². The van der Waals surface area contributed by atoms with Gasteiger partial charge in [0.05, 0.1) is 5.52 Å². The summed E-state index contributed by atoms with van der Waals surface area (Å²) in [5.74, 6) is 0.135. The van der Waals surface area contributed by atoms with E-state index in [0.29, 0.717) is 25.2 Å². The van der Waals surface area contributed by atoms with Gasteiger partial charge in [-0.25, -0.2) is 0 Å². The maximum Gasteiger partial charge on any atom is 0.253 e. The number of nitrogens with zero attached hydrogens (tertiary/aromatic N) is 4. The van der Waals surface area contributed by atoms with Gasteiger partial charge < -0.3 is 15.1 Å². The van der Waals surface area contributed by atoms with Crippen molar-refractivity contribution in [2.75, 3.05) is 26.2 Å². The Hall–Kier alpha value is -3.97. The second kappa shape index (κ2) is 9.24. The summed E-state index contributed by atoms with van der Waals surface area (Å²) in [6.45, 7) is 2.82. The third-order valence-corrected chi connectivity index (χ3v) is 7.28. The van der Waals surface area contributed by atoms with Gasteiger partial charge in [-0.1, -0.05) is 48.5 Å². The molecule has 36 heavy (non-hydrogen) atoms.